The number of benzene rings is 1. The molecule has 0 aliphatic carbocycles. The second kappa shape index (κ2) is 5.30. The van der Waals surface area contributed by atoms with Gasteiger partial charge in [-0.2, -0.15) is 0 Å². The zero-order chi connectivity index (χ0) is 14.9. The molecule has 0 bridgehead atoms. The van der Waals surface area contributed by atoms with E-state index in [1.54, 1.807) is 31.4 Å². The van der Waals surface area contributed by atoms with Crippen LogP contribution >= 0.6 is 10.7 Å². The predicted molar refractivity (Wildman–Crippen MR) is 76.7 cm³/mol. The molecule has 0 atom stereocenters. The summed E-state index contributed by atoms with van der Waals surface area (Å²) in [7, 11) is 4.36. The van der Waals surface area contributed by atoms with Crippen LogP contribution in [-0.4, -0.2) is 20.1 Å². The van der Waals surface area contributed by atoms with Gasteiger partial charge in [0, 0.05) is 29.5 Å². The minimum Gasteiger partial charge on any atom is -0.495 e. The summed E-state index contributed by atoms with van der Waals surface area (Å²) in [6.45, 7) is 0. The molecule has 0 saturated carbocycles. The first kappa shape index (κ1) is 14.6. The first-order chi connectivity index (χ1) is 9.36. The molecular formula is C13H12ClNO4S. The Kier molecular flexibility index (Phi) is 3.87. The number of pyridine rings is 1. The van der Waals surface area contributed by atoms with E-state index < -0.39 is 9.05 Å². The smallest absolute Gasteiger partial charge is 0.265 e. The second-order valence-electron chi connectivity index (χ2n) is 4.11. The molecule has 0 saturated heterocycles. The summed E-state index contributed by atoms with van der Waals surface area (Å²) in [4.78, 5) is 12.0. The first-order valence-electron chi connectivity index (χ1n) is 5.64. The molecule has 0 radical (unpaired) electrons. The van der Waals surface area contributed by atoms with Gasteiger partial charge in [0.25, 0.3) is 14.6 Å². The van der Waals surface area contributed by atoms with Gasteiger partial charge < -0.3 is 9.30 Å². The molecule has 1 aromatic heterocycles. The molecule has 0 unspecified atom stereocenters. The zero-order valence-electron chi connectivity index (χ0n) is 10.8. The normalized spacial score (nSPS) is 11.3. The van der Waals surface area contributed by atoms with E-state index in [0.717, 1.165) is 0 Å². The number of aryl methyl sites for hydroxylation is 1. The van der Waals surface area contributed by atoms with E-state index in [4.69, 9.17) is 15.4 Å². The number of hydrogen-bond acceptors (Lipinski definition) is 4. The number of aromatic nitrogens is 1. The molecule has 0 aliphatic rings. The van der Waals surface area contributed by atoms with Crippen LogP contribution in [0.1, 0.15) is 0 Å². The lowest BCUT2D eigenvalue weighted by Gasteiger charge is -2.12. The van der Waals surface area contributed by atoms with Crippen LogP contribution in [-0.2, 0) is 16.1 Å². The van der Waals surface area contributed by atoms with E-state index in [-0.39, 0.29) is 16.2 Å². The Morgan fingerprint density at radius 1 is 1.15 bits per heavy atom. The lowest BCUT2D eigenvalue weighted by Crippen LogP contribution is -2.17. The van der Waals surface area contributed by atoms with Crippen LogP contribution in [0.25, 0.3) is 11.1 Å². The van der Waals surface area contributed by atoms with Gasteiger partial charge in [-0.15, -0.1) is 0 Å². The van der Waals surface area contributed by atoms with Crippen molar-refractivity contribution in [3.8, 4) is 16.9 Å². The van der Waals surface area contributed by atoms with Gasteiger partial charge in [0.1, 0.15) is 10.6 Å². The van der Waals surface area contributed by atoms with E-state index in [9.17, 15) is 13.2 Å². The van der Waals surface area contributed by atoms with Crippen molar-refractivity contribution in [1.82, 2.24) is 4.57 Å². The number of halogens is 1. The van der Waals surface area contributed by atoms with Gasteiger partial charge in [-0.05, 0) is 18.2 Å². The van der Waals surface area contributed by atoms with Gasteiger partial charge in [0.15, 0.2) is 0 Å². The Morgan fingerprint density at radius 2 is 1.80 bits per heavy atom. The monoisotopic (exact) mass is 313 g/mol. The van der Waals surface area contributed by atoms with Crippen molar-refractivity contribution in [3.05, 3.63) is 46.9 Å². The summed E-state index contributed by atoms with van der Waals surface area (Å²) < 4.78 is 29.6. The third kappa shape index (κ3) is 2.57. The highest BCUT2D eigenvalue weighted by molar-refractivity contribution is 8.13. The van der Waals surface area contributed by atoms with Gasteiger partial charge in [0.2, 0.25) is 0 Å². The average molecular weight is 314 g/mol. The topological polar surface area (TPSA) is 65.4 Å². The quantitative estimate of drug-likeness (QED) is 0.813. The number of methoxy groups -OCH3 is 1. The highest BCUT2D eigenvalue weighted by Crippen LogP contribution is 2.35. The fourth-order valence-electron chi connectivity index (χ4n) is 1.93. The molecule has 1 aromatic carbocycles. The zero-order valence-corrected chi connectivity index (χ0v) is 12.4. The molecular weight excluding hydrogens is 302 g/mol. The van der Waals surface area contributed by atoms with E-state index in [1.807, 2.05) is 0 Å². The molecule has 0 fully saturated rings. The summed E-state index contributed by atoms with van der Waals surface area (Å²) in [5.41, 5.74) is 0.472. The van der Waals surface area contributed by atoms with E-state index in [1.165, 1.54) is 23.8 Å². The second-order valence-corrected chi connectivity index (χ2v) is 6.65. The predicted octanol–water partition coefficient (Wildman–Crippen LogP) is 1.99. The average Bonchev–Trinajstić information content (AvgIpc) is 2.40. The Balaban J connectivity index is 2.83. The summed E-state index contributed by atoms with van der Waals surface area (Å²) >= 11 is 0. The minimum atomic E-state index is -3.96. The van der Waals surface area contributed by atoms with Crippen molar-refractivity contribution in [1.29, 1.82) is 0 Å². The summed E-state index contributed by atoms with van der Waals surface area (Å²) in [5.74, 6) is 0.0609. The molecule has 0 N–H and O–H groups in total. The van der Waals surface area contributed by atoms with Gasteiger partial charge in [-0.3, -0.25) is 4.79 Å². The molecule has 0 spiro atoms. The van der Waals surface area contributed by atoms with Crippen LogP contribution in [0, 0.1) is 0 Å². The Hall–Kier alpha value is -1.79. The lowest BCUT2D eigenvalue weighted by molar-refractivity contribution is 0.405. The molecule has 5 nitrogen and oxygen atoms in total. The number of para-hydroxylation sites is 1. The summed E-state index contributed by atoms with van der Waals surface area (Å²) in [5, 5.41) is 0. The maximum atomic E-state index is 12.1. The summed E-state index contributed by atoms with van der Waals surface area (Å²) in [6, 6.07) is 7.75. The van der Waals surface area contributed by atoms with Crippen LogP contribution in [0.2, 0.25) is 0 Å². The Labute approximate surface area is 120 Å². The van der Waals surface area contributed by atoms with Crippen LogP contribution < -0.4 is 10.3 Å². The van der Waals surface area contributed by atoms with Gasteiger partial charge in [-0.25, -0.2) is 8.42 Å². The molecule has 2 aromatic rings. The minimum absolute atomic E-state index is 0.0609. The fraction of sp³-hybridized carbons (Fsp3) is 0.154. The third-order valence-electron chi connectivity index (χ3n) is 2.86. The van der Waals surface area contributed by atoms with Crippen molar-refractivity contribution < 1.29 is 13.2 Å². The maximum Gasteiger partial charge on any atom is 0.265 e. The van der Waals surface area contributed by atoms with Crippen LogP contribution in [0.5, 0.6) is 5.75 Å². The highest BCUT2D eigenvalue weighted by atomic mass is 35.7. The first-order valence-corrected chi connectivity index (χ1v) is 7.95. The van der Waals surface area contributed by atoms with Crippen LogP contribution in [0.15, 0.2) is 46.2 Å². The molecule has 106 valence electrons. The maximum absolute atomic E-state index is 12.1. The standard InChI is InChI=1S/C13H12ClNO4S/c1-15-8-4-6-10(13(15)16)9-5-3-7-11(12(9)19-2)20(14,17)18/h3-8H,1-2H3. The molecule has 20 heavy (non-hydrogen) atoms. The molecule has 0 amide bonds. The number of hydrogen-bond donors (Lipinski definition) is 0. The van der Waals surface area contributed by atoms with Crippen molar-refractivity contribution in [2.24, 2.45) is 7.05 Å². The SMILES string of the molecule is COc1c(-c2cccn(C)c2=O)cccc1S(=O)(=O)Cl. The van der Waals surface area contributed by atoms with Crippen LogP contribution in [0.4, 0.5) is 0 Å². The van der Waals surface area contributed by atoms with E-state index >= 15 is 0 Å². The molecule has 0 aliphatic heterocycles. The fourth-order valence-corrected chi connectivity index (χ4v) is 2.95. The lowest BCUT2D eigenvalue weighted by atomic mass is 10.1. The Bertz CT molecular complexity index is 811. The number of ether oxygens (including phenoxy) is 1. The van der Waals surface area contributed by atoms with E-state index in [2.05, 4.69) is 0 Å². The number of nitrogens with zero attached hydrogens (tertiary/aromatic N) is 1. The van der Waals surface area contributed by atoms with Gasteiger partial charge >= 0.3 is 0 Å². The molecule has 2 rings (SSSR count). The largest absolute Gasteiger partial charge is 0.495 e. The van der Waals surface area contributed by atoms with Gasteiger partial charge in [0.05, 0.1) is 12.7 Å². The summed E-state index contributed by atoms with van der Waals surface area (Å²) in [6.07, 6.45) is 1.61. The van der Waals surface area contributed by atoms with Gasteiger partial charge in [-0.1, -0.05) is 12.1 Å². The van der Waals surface area contributed by atoms with Crippen LogP contribution in [0.3, 0.4) is 0 Å². The van der Waals surface area contributed by atoms with Crippen molar-refractivity contribution >= 4 is 19.7 Å². The van der Waals surface area contributed by atoms with Crippen molar-refractivity contribution in [3.63, 3.8) is 0 Å². The van der Waals surface area contributed by atoms with Crippen molar-refractivity contribution in [2.45, 2.75) is 4.90 Å². The van der Waals surface area contributed by atoms with E-state index in [0.29, 0.717) is 11.1 Å². The highest BCUT2D eigenvalue weighted by Gasteiger charge is 2.21. The number of rotatable bonds is 3. The molecule has 1 heterocycles. The Morgan fingerprint density at radius 3 is 2.40 bits per heavy atom. The third-order valence-corrected chi connectivity index (χ3v) is 4.20. The molecule has 7 heteroatoms. The van der Waals surface area contributed by atoms with Crippen molar-refractivity contribution in [2.75, 3.05) is 7.11 Å².